The predicted molar refractivity (Wildman–Crippen MR) is 63.1 cm³/mol. The lowest BCUT2D eigenvalue weighted by Gasteiger charge is -2.16. The van der Waals surface area contributed by atoms with Crippen LogP contribution < -0.4 is 0 Å². The minimum atomic E-state index is -3.90. The van der Waals surface area contributed by atoms with E-state index in [0.717, 1.165) is 12.3 Å². The normalized spacial score (nSPS) is 15.5. The highest BCUT2D eigenvalue weighted by atomic mass is 79.9. The fourth-order valence-electron chi connectivity index (χ4n) is 0.971. The van der Waals surface area contributed by atoms with Crippen molar-refractivity contribution in [2.75, 3.05) is 6.26 Å². The molecule has 0 radical (unpaired) electrons. The van der Waals surface area contributed by atoms with E-state index in [1.54, 1.807) is 0 Å². The van der Waals surface area contributed by atoms with Gasteiger partial charge in [-0.15, -0.1) is 0 Å². The molecule has 88 valence electrons. The first-order valence-electron chi connectivity index (χ1n) is 4.04. The van der Waals surface area contributed by atoms with Crippen molar-refractivity contribution in [1.29, 1.82) is 0 Å². The molecule has 1 aromatic carbocycles. The van der Waals surface area contributed by atoms with Crippen molar-refractivity contribution in [3.05, 3.63) is 35.6 Å². The lowest BCUT2D eigenvalue weighted by atomic mass is 10.1. The molecule has 0 fully saturated rings. The zero-order valence-corrected chi connectivity index (χ0v) is 11.2. The molecule has 0 amide bonds. The van der Waals surface area contributed by atoms with Crippen LogP contribution in [0.1, 0.15) is 10.4 Å². The maximum atomic E-state index is 13.3. The summed E-state index contributed by atoms with van der Waals surface area (Å²) < 4.78 is 33.4. The number of Topliss-reactive ketones (excluding diaryl/α,β-unsaturated/α-hetero) is 1. The molecule has 0 saturated heterocycles. The molecule has 1 rings (SSSR count). The fourth-order valence-corrected chi connectivity index (χ4v) is 1.73. The number of halogens is 3. The average Bonchev–Trinajstić information content (AvgIpc) is 2.15. The Morgan fingerprint density at radius 2 is 1.94 bits per heavy atom. The van der Waals surface area contributed by atoms with Gasteiger partial charge in [-0.3, -0.25) is 4.79 Å². The van der Waals surface area contributed by atoms with Gasteiger partial charge in [0.2, 0.25) is 5.78 Å². The summed E-state index contributed by atoms with van der Waals surface area (Å²) in [6, 6.07) is 5.02. The molecule has 0 aliphatic heterocycles. The van der Waals surface area contributed by atoms with E-state index in [1.165, 1.54) is 18.2 Å². The standard InChI is InChI=1S/C9H7BrClFO3S/c1-16(14,15)9(10,11)8(13)6-4-2-3-5-7(6)12/h2-5H,1H3/t9-/m0/s1. The van der Waals surface area contributed by atoms with Crippen molar-refractivity contribution in [1.82, 2.24) is 0 Å². The minimum Gasteiger partial charge on any atom is -0.290 e. The molecule has 1 aromatic rings. The highest BCUT2D eigenvalue weighted by Crippen LogP contribution is 2.34. The Labute approximate surface area is 106 Å². The smallest absolute Gasteiger partial charge is 0.261 e. The quantitative estimate of drug-likeness (QED) is 0.632. The summed E-state index contributed by atoms with van der Waals surface area (Å²) >= 11 is 8.18. The molecule has 0 aliphatic carbocycles. The van der Waals surface area contributed by atoms with Crippen molar-refractivity contribution in [2.45, 2.75) is 3.12 Å². The average molecular weight is 330 g/mol. The molecule has 0 aliphatic rings. The van der Waals surface area contributed by atoms with E-state index >= 15 is 0 Å². The molecule has 3 nitrogen and oxygen atoms in total. The molecule has 0 bridgehead atoms. The Hall–Kier alpha value is -0.460. The topological polar surface area (TPSA) is 51.2 Å². The van der Waals surface area contributed by atoms with E-state index in [2.05, 4.69) is 15.9 Å². The van der Waals surface area contributed by atoms with E-state index < -0.39 is 24.6 Å². The van der Waals surface area contributed by atoms with Gasteiger partial charge in [0.15, 0.2) is 9.84 Å². The lowest BCUT2D eigenvalue weighted by molar-refractivity contribution is 0.0996. The van der Waals surface area contributed by atoms with E-state index in [9.17, 15) is 17.6 Å². The van der Waals surface area contributed by atoms with Crippen LogP contribution >= 0.6 is 27.5 Å². The van der Waals surface area contributed by atoms with E-state index in [4.69, 9.17) is 11.6 Å². The minimum absolute atomic E-state index is 0.375. The summed E-state index contributed by atoms with van der Waals surface area (Å²) in [5, 5.41) is 0. The Kier molecular flexibility index (Phi) is 3.76. The van der Waals surface area contributed by atoms with Crippen LogP contribution in [-0.2, 0) is 9.84 Å². The number of carbonyl (C=O) groups is 1. The third kappa shape index (κ3) is 2.44. The Balaban J connectivity index is 3.29. The maximum Gasteiger partial charge on any atom is 0.261 e. The highest BCUT2D eigenvalue weighted by Gasteiger charge is 2.45. The van der Waals surface area contributed by atoms with Gasteiger partial charge in [0, 0.05) is 6.26 Å². The number of rotatable bonds is 3. The second kappa shape index (κ2) is 4.43. The molecule has 0 aromatic heterocycles. The van der Waals surface area contributed by atoms with Crippen LogP contribution in [-0.4, -0.2) is 23.6 Å². The molecule has 0 heterocycles. The van der Waals surface area contributed by atoms with Gasteiger partial charge in [-0.25, -0.2) is 12.8 Å². The first-order chi connectivity index (χ1) is 7.18. The van der Waals surface area contributed by atoms with Gasteiger partial charge in [-0.05, 0) is 28.1 Å². The first kappa shape index (κ1) is 13.6. The number of ketones is 1. The van der Waals surface area contributed by atoms with Crippen molar-refractivity contribution < 1.29 is 17.6 Å². The van der Waals surface area contributed by atoms with Gasteiger partial charge in [-0.1, -0.05) is 23.7 Å². The van der Waals surface area contributed by atoms with E-state index in [-0.39, 0.29) is 5.56 Å². The monoisotopic (exact) mass is 328 g/mol. The molecule has 1 atom stereocenters. The van der Waals surface area contributed by atoms with Gasteiger partial charge in [0.05, 0.1) is 5.56 Å². The third-order valence-corrected chi connectivity index (χ3v) is 6.10. The molecule has 16 heavy (non-hydrogen) atoms. The summed E-state index contributed by atoms with van der Waals surface area (Å²) in [4.78, 5) is 11.7. The van der Waals surface area contributed by atoms with Crippen molar-refractivity contribution in [2.24, 2.45) is 0 Å². The first-order valence-corrected chi connectivity index (χ1v) is 7.11. The molecule has 0 unspecified atom stereocenters. The van der Waals surface area contributed by atoms with Gasteiger partial charge >= 0.3 is 0 Å². The molecule has 0 saturated carbocycles. The number of alkyl halides is 2. The Bertz CT molecular complexity index is 527. The van der Waals surface area contributed by atoms with Crippen molar-refractivity contribution in [3.63, 3.8) is 0 Å². The van der Waals surface area contributed by atoms with Crippen LogP contribution in [0, 0.1) is 5.82 Å². The fraction of sp³-hybridized carbons (Fsp3) is 0.222. The van der Waals surface area contributed by atoms with E-state index in [0.29, 0.717) is 0 Å². The number of carbonyl (C=O) groups excluding carboxylic acids is 1. The SMILES string of the molecule is CS(=O)(=O)[C@](Cl)(Br)C(=O)c1ccccc1F. The van der Waals surface area contributed by atoms with Gasteiger partial charge in [0.1, 0.15) is 5.82 Å². The summed E-state index contributed by atoms with van der Waals surface area (Å²) in [6.45, 7) is 0. The largest absolute Gasteiger partial charge is 0.290 e. The second-order valence-electron chi connectivity index (χ2n) is 3.10. The van der Waals surface area contributed by atoms with Crippen LogP contribution in [0.25, 0.3) is 0 Å². The Morgan fingerprint density at radius 1 is 1.44 bits per heavy atom. The molecule has 0 spiro atoms. The van der Waals surface area contributed by atoms with Crippen LogP contribution in [0.4, 0.5) is 4.39 Å². The highest BCUT2D eigenvalue weighted by molar-refractivity contribution is 9.12. The zero-order valence-electron chi connectivity index (χ0n) is 8.08. The summed E-state index contributed by atoms with van der Waals surface area (Å²) in [5.41, 5.74) is -0.375. The summed E-state index contributed by atoms with van der Waals surface area (Å²) in [7, 11) is -3.90. The maximum absolute atomic E-state index is 13.3. The van der Waals surface area contributed by atoms with Crippen LogP contribution in [0.5, 0.6) is 0 Å². The van der Waals surface area contributed by atoms with Crippen LogP contribution in [0.3, 0.4) is 0 Å². The van der Waals surface area contributed by atoms with Gasteiger partial charge in [0.25, 0.3) is 3.12 Å². The number of hydrogen-bond acceptors (Lipinski definition) is 3. The van der Waals surface area contributed by atoms with Crippen molar-refractivity contribution in [3.8, 4) is 0 Å². The predicted octanol–water partition coefficient (Wildman–Crippen LogP) is 2.34. The third-order valence-electron chi connectivity index (χ3n) is 1.85. The number of benzene rings is 1. The molecular weight excluding hydrogens is 323 g/mol. The van der Waals surface area contributed by atoms with E-state index in [1.807, 2.05) is 0 Å². The van der Waals surface area contributed by atoms with Gasteiger partial charge in [-0.2, -0.15) is 0 Å². The molecular formula is C9H7BrClFO3S. The van der Waals surface area contributed by atoms with Crippen LogP contribution in [0.15, 0.2) is 24.3 Å². The van der Waals surface area contributed by atoms with Gasteiger partial charge < -0.3 is 0 Å². The summed E-state index contributed by atoms with van der Waals surface area (Å²) in [5.74, 6) is -1.87. The van der Waals surface area contributed by atoms with Crippen molar-refractivity contribution >= 4 is 43.2 Å². The van der Waals surface area contributed by atoms with Crippen LogP contribution in [0.2, 0.25) is 0 Å². The number of sulfone groups is 1. The molecule has 0 N–H and O–H groups in total. The lowest BCUT2D eigenvalue weighted by Crippen LogP contribution is -2.34. The molecule has 7 heteroatoms. The summed E-state index contributed by atoms with van der Waals surface area (Å²) in [6.07, 6.45) is 0.785. The Morgan fingerprint density at radius 3 is 2.38 bits per heavy atom. The second-order valence-corrected chi connectivity index (χ2v) is 8.22. The zero-order chi connectivity index (χ0) is 12.6. The number of hydrogen-bond donors (Lipinski definition) is 0.